The highest BCUT2D eigenvalue weighted by atomic mass is 79.9. The Hall–Kier alpha value is -4.12. The van der Waals surface area contributed by atoms with Crippen LogP contribution in [0.25, 0.3) is 66.1 Å². The van der Waals surface area contributed by atoms with Gasteiger partial charge in [-0.3, -0.25) is 0 Å². The third-order valence-corrected chi connectivity index (χ3v) is 9.66. The minimum absolute atomic E-state index is 0.852. The molecule has 0 atom stereocenters. The molecule has 0 aliphatic heterocycles. The molecule has 0 saturated carbocycles. The molecule has 0 radical (unpaired) electrons. The first-order valence-electron chi connectivity index (χ1n) is 14.1. The van der Waals surface area contributed by atoms with Crippen LogP contribution in [-0.2, 0) is 10.7 Å². The van der Waals surface area contributed by atoms with E-state index in [0.29, 0.717) is 0 Å². The van der Waals surface area contributed by atoms with Gasteiger partial charge in [-0.05, 0) is 82.9 Å². The molecule has 202 valence electrons. The van der Waals surface area contributed by atoms with Crippen molar-refractivity contribution in [3.05, 3.63) is 145 Å². The SMILES string of the molecule is BrCc1ccc2c(c1)c1ccccc1n2-c1ccc(-c2ccc(-n3c4ccccc4c4cc(CBr)ccc43)cc2)cc1. The van der Waals surface area contributed by atoms with Gasteiger partial charge in [-0.15, -0.1) is 0 Å². The lowest BCUT2D eigenvalue weighted by atomic mass is 10.0. The van der Waals surface area contributed by atoms with E-state index in [9.17, 15) is 0 Å². The number of nitrogens with zero attached hydrogens (tertiary/aromatic N) is 2. The fourth-order valence-corrected chi connectivity index (χ4v) is 7.07. The van der Waals surface area contributed by atoms with Gasteiger partial charge in [-0.25, -0.2) is 0 Å². The standard InChI is InChI=1S/C38H26Br2N2/c39-23-25-9-19-37-33(21-25)31-5-1-3-7-35(31)41(37)29-15-11-27(12-16-29)28-13-17-30(18-14-28)42-36-8-4-2-6-32(36)34-22-26(24-40)10-20-38(34)42/h1-22H,23-24H2. The van der Waals surface area contributed by atoms with Crippen molar-refractivity contribution in [2.45, 2.75) is 10.7 Å². The van der Waals surface area contributed by atoms with Crippen LogP contribution >= 0.6 is 31.9 Å². The topological polar surface area (TPSA) is 9.86 Å². The van der Waals surface area contributed by atoms with Gasteiger partial charge in [0.25, 0.3) is 0 Å². The summed E-state index contributed by atoms with van der Waals surface area (Å²) < 4.78 is 4.75. The second kappa shape index (κ2) is 10.3. The summed E-state index contributed by atoms with van der Waals surface area (Å²) in [5.74, 6) is 0. The molecule has 0 unspecified atom stereocenters. The summed E-state index contributed by atoms with van der Waals surface area (Å²) in [7, 11) is 0. The smallest absolute Gasteiger partial charge is 0.0541 e. The van der Waals surface area contributed by atoms with Crippen LogP contribution in [0, 0.1) is 0 Å². The van der Waals surface area contributed by atoms with E-state index >= 15 is 0 Å². The third-order valence-electron chi connectivity index (χ3n) is 8.37. The molecule has 0 saturated heterocycles. The number of hydrogen-bond donors (Lipinski definition) is 0. The summed E-state index contributed by atoms with van der Waals surface area (Å²) in [4.78, 5) is 0. The summed E-state index contributed by atoms with van der Waals surface area (Å²) in [6, 6.07) is 48.8. The summed E-state index contributed by atoms with van der Waals surface area (Å²) in [6.45, 7) is 0. The Bertz CT molecular complexity index is 2090. The number of para-hydroxylation sites is 2. The number of halogens is 2. The maximum atomic E-state index is 3.62. The molecular weight excluding hydrogens is 644 g/mol. The van der Waals surface area contributed by atoms with Crippen LogP contribution in [0.4, 0.5) is 0 Å². The molecule has 0 aliphatic carbocycles. The third kappa shape index (κ3) is 4.05. The normalized spacial score (nSPS) is 11.8. The van der Waals surface area contributed by atoms with Gasteiger partial charge in [0.05, 0.1) is 22.1 Å². The Kier molecular flexibility index (Phi) is 6.28. The van der Waals surface area contributed by atoms with Crippen LogP contribution in [0.2, 0.25) is 0 Å². The molecule has 0 spiro atoms. The molecule has 8 aromatic rings. The van der Waals surface area contributed by atoms with Crippen LogP contribution in [0.15, 0.2) is 133 Å². The molecule has 4 heteroatoms. The van der Waals surface area contributed by atoms with Crippen LogP contribution in [0.1, 0.15) is 11.1 Å². The van der Waals surface area contributed by atoms with Gasteiger partial charge in [0, 0.05) is 43.6 Å². The highest BCUT2D eigenvalue weighted by Gasteiger charge is 2.14. The average molecular weight is 670 g/mol. The fourth-order valence-electron chi connectivity index (χ4n) is 6.37. The van der Waals surface area contributed by atoms with Gasteiger partial charge >= 0.3 is 0 Å². The lowest BCUT2D eigenvalue weighted by Gasteiger charge is -2.11. The number of alkyl halides is 2. The predicted molar refractivity (Wildman–Crippen MR) is 186 cm³/mol. The summed E-state index contributed by atoms with van der Waals surface area (Å²) in [6.07, 6.45) is 0. The van der Waals surface area contributed by atoms with Crippen molar-refractivity contribution in [3.63, 3.8) is 0 Å². The number of benzene rings is 6. The maximum absolute atomic E-state index is 3.62. The number of rotatable bonds is 5. The minimum Gasteiger partial charge on any atom is -0.309 e. The molecule has 0 bridgehead atoms. The first-order valence-corrected chi connectivity index (χ1v) is 16.3. The fraction of sp³-hybridized carbons (Fsp3) is 0.0526. The summed E-state index contributed by atoms with van der Waals surface area (Å²) in [5, 5.41) is 6.84. The van der Waals surface area contributed by atoms with Crippen molar-refractivity contribution in [2.75, 3.05) is 0 Å². The molecule has 8 rings (SSSR count). The van der Waals surface area contributed by atoms with E-state index in [2.05, 4.69) is 174 Å². The van der Waals surface area contributed by atoms with Crippen molar-refractivity contribution < 1.29 is 0 Å². The Morgan fingerprint density at radius 2 is 0.762 bits per heavy atom. The summed E-state index contributed by atoms with van der Waals surface area (Å²) in [5.41, 5.74) is 12.2. The van der Waals surface area contributed by atoms with E-state index in [1.165, 1.54) is 77.2 Å². The Morgan fingerprint density at radius 3 is 1.17 bits per heavy atom. The lowest BCUT2D eigenvalue weighted by molar-refractivity contribution is 1.18. The molecule has 6 aromatic carbocycles. The second-order valence-electron chi connectivity index (χ2n) is 10.8. The lowest BCUT2D eigenvalue weighted by Crippen LogP contribution is -1.95. The molecule has 2 nitrogen and oxygen atoms in total. The van der Waals surface area contributed by atoms with Crippen molar-refractivity contribution in [3.8, 4) is 22.5 Å². The van der Waals surface area contributed by atoms with E-state index in [1.807, 2.05) is 0 Å². The van der Waals surface area contributed by atoms with Crippen LogP contribution in [0.3, 0.4) is 0 Å². The molecule has 0 N–H and O–H groups in total. The molecule has 42 heavy (non-hydrogen) atoms. The highest BCUT2D eigenvalue weighted by Crippen LogP contribution is 2.35. The molecule has 0 aliphatic rings. The van der Waals surface area contributed by atoms with Crippen molar-refractivity contribution in [1.82, 2.24) is 9.13 Å². The largest absolute Gasteiger partial charge is 0.309 e. The minimum atomic E-state index is 0.852. The molecule has 0 fully saturated rings. The van der Waals surface area contributed by atoms with Gasteiger partial charge in [0.15, 0.2) is 0 Å². The van der Waals surface area contributed by atoms with Crippen molar-refractivity contribution in [1.29, 1.82) is 0 Å². The molecule has 0 amide bonds. The number of hydrogen-bond acceptors (Lipinski definition) is 0. The first kappa shape index (κ1) is 25.6. The van der Waals surface area contributed by atoms with Crippen LogP contribution in [-0.4, -0.2) is 9.13 Å². The predicted octanol–water partition coefficient (Wildman–Crippen LogP) is 11.3. The van der Waals surface area contributed by atoms with Gasteiger partial charge in [0.1, 0.15) is 0 Å². The molecular formula is C38H26Br2N2. The number of aromatic nitrogens is 2. The van der Waals surface area contributed by atoms with E-state index in [4.69, 9.17) is 0 Å². The van der Waals surface area contributed by atoms with E-state index in [0.717, 1.165) is 10.7 Å². The van der Waals surface area contributed by atoms with Gasteiger partial charge in [0.2, 0.25) is 0 Å². The van der Waals surface area contributed by atoms with Crippen LogP contribution < -0.4 is 0 Å². The number of fused-ring (bicyclic) bond motifs is 6. The molecule has 2 heterocycles. The van der Waals surface area contributed by atoms with Crippen LogP contribution in [0.5, 0.6) is 0 Å². The first-order chi connectivity index (χ1) is 20.7. The zero-order valence-electron chi connectivity index (χ0n) is 22.8. The van der Waals surface area contributed by atoms with E-state index in [1.54, 1.807) is 0 Å². The van der Waals surface area contributed by atoms with E-state index < -0.39 is 0 Å². The Balaban J connectivity index is 1.18. The van der Waals surface area contributed by atoms with Crippen molar-refractivity contribution in [2.24, 2.45) is 0 Å². The monoisotopic (exact) mass is 668 g/mol. The Labute approximate surface area is 261 Å². The Morgan fingerprint density at radius 1 is 0.381 bits per heavy atom. The zero-order valence-corrected chi connectivity index (χ0v) is 25.9. The molecule has 2 aromatic heterocycles. The van der Waals surface area contributed by atoms with Gasteiger partial charge in [-0.1, -0.05) is 105 Å². The second-order valence-corrected chi connectivity index (χ2v) is 11.9. The summed E-state index contributed by atoms with van der Waals surface area (Å²) >= 11 is 7.24. The van der Waals surface area contributed by atoms with E-state index in [-0.39, 0.29) is 0 Å². The maximum Gasteiger partial charge on any atom is 0.0541 e. The average Bonchev–Trinajstić information content (AvgIpc) is 3.57. The quantitative estimate of drug-likeness (QED) is 0.161. The van der Waals surface area contributed by atoms with Crippen molar-refractivity contribution >= 4 is 75.5 Å². The highest BCUT2D eigenvalue weighted by molar-refractivity contribution is 9.08. The van der Waals surface area contributed by atoms with Gasteiger partial charge < -0.3 is 9.13 Å². The zero-order chi connectivity index (χ0) is 28.2. The van der Waals surface area contributed by atoms with Gasteiger partial charge in [-0.2, -0.15) is 0 Å².